The molecule has 21 heavy (non-hydrogen) atoms. The van der Waals surface area contributed by atoms with Gasteiger partial charge in [-0.15, -0.1) is 0 Å². The second-order valence-electron chi connectivity index (χ2n) is 5.11. The molecule has 4 heteroatoms. The van der Waals surface area contributed by atoms with Crippen LogP contribution in [0.4, 0.5) is 13.2 Å². The molecule has 0 saturated carbocycles. The Bertz CT molecular complexity index is 573. The number of benzene rings is 2. The third-order valence-electron chi connectivity index (χ3n) is 3.28. The maximum atomic E-state index is 12.4. The summed E-state index contributed by atoms with van der Waals surface area (Å²) in [5.41, 5.74) is 2.74. The van der Waals surface area contributed by atoms with Crippen LogP contribution in [0.2, 0.25) is 0 Å². The minimum Gasteiger partial charge on any atom is -0.312 e. The first kappa shape index (κ1) is 15.6. The summed E-state index contributed by atoms with van der Waals surface area (Å²) >= 11 is 0. The van der Waals surface area contributed by atoms with E-state index < -0.39 is 11.7 Å². The zero-order valence-corrected chi connectivity index (χ0v) is 11.9. The van der Waals surface area contributed by atoms with Crippen molar-refractivity contribution in [2.45, 2.75) is 26.1 Å². The Kier molecular flexibility index (Phi) is 5.02. The average Bonchev–Trinajstić information content (AvgIpc) is 2.43. The third-order valence-corrected chi connectivity index (χ3v) is 3.28. The molecular weight excluding hydrogens is 275 g/mol. The van der Waals surface area contributed by atoms with Gasteiger partial charge in [-0.25, -0.2) is 0 Å². The minimum atomic E-state index is -4.27. The van der Waals surface area contributed by atoms with Crippen molar-refractivity contribution < 1.29 is 13.2 Å². The molecule has 2 aromatic rings. The van der Waals surface area contributed by atoms with Gasteiger partial charge in [0.1, 0.15) is 0 Å². The largest absolute Gasteiger partial charge is 0.416 e. The fourth-order valence-corrected chi connectivity index (χ4v) is 2.14. The summed E-state index contributed by atoms with van der Waals surface area (Å²) in [6.45, 7) is 3.42. The van der Waals surface area contributed by atoms with Gasteiger partial charge in [-0.2, -0.15) is 13.2 Å². The summed E-state index contributed by atoms with van der Waals surface area (Å²) < 4.78 is 37.3. The van der Waals surface area contributed by atoms with Crippen molar-refractivity contribution >= 4 is 0 Å². The number of nitrogens with one attached hydrogen (secondary N) is 1. The van der Waals surface area contributed by atoms with Crippen LogP contribution in [0.3, 0.4) is 0 Å². The molecule has 0 amide bonds. The Balaban J connectivity index is 1.79. The van der Waals surface area contributed by atoms with E-state index in [-0.39, 0.29) is 0 Å². The maximum absolute atomic E-state index is 12.4. The van der Waals surface area contributed by atoms with E-state index in [1.165, 1.54) is 23.3 Å². The molecule has 112 valence electrons. The van der Waals surface area contributed by atoms with E-state index in [0.29, 0.717) is 6.54 Å². The predicted octanol–water partition coefficient (Wildman–Crippen LogP) is 4.35. The Morgan fingerprint density at radius 1 is 0.952 bits per heavy atom. The lowest BCUT2D eigenvalue weighted by Crippen LogP contribution is -2.16. The third kappa shape index (κ3) is 4.90. The fraction of sp³-hybridized carbons (Fsp3) is 0.294. The predicted molar refractivity (Wildman–Crippen MR) is 78.0 cm³/mol. The van der Waals surface area contributed by atoms with E-state index >= 15 is 0 Å². The van der Waals surface area contributed by atoms with Crippen LogP contribution in [0.25, 0.3) is 0 Å². The Morgan fingerprint density at radius 3 is 2.29 bits per heavy atom. The van der Waals surface area contributed by atoms with Gasteiger partial charge in [0.05, 0.1) is 5.56 Å². The number of halogens is 3. The van der Waals surface area contributed by atoms with E-state index in [1.54, 1.807) is 0 Å². The van der Waals surface area contributed by atoms with E-state index in [9.17, 15) is 13.2 Å². The highest BCUT2D eigenvalue weighted by molar-refractivity contribution is 5.25. The zero-order chi connectivity index (χ0) is 15.3. The van der Waals surface area contributed by atoms with Crippen LogP contribution in [-0.2, 0) is 19.1 Å². The van der Waals surface area contributed by atoms with Crippen molar-refractivity contribution in [2.75, 3.05) is 6.54 Å². The molecule has 0 aliphatic heterocycles. The normalized spacial score (nSPS) is 11.6. The van der Waals surface area contributed by atoms with Gasteiger partial charge in [0, 0.05) is 6.54 Å². The van der Waals surface area contributed by atoms with Gasteiger partial charge in [-0.05, 0) is 43.1 Å². The molecular formula is C17H18F3N. The summed E-state index contributed by atoms with van der Waals surface area (Å²) in [7, 11) is 0. The lowest BCUT2D eigenvalue weighted by molar-refractivity contribution is -0.137. The highest BCUT2D eigenvalue weighted by Crippen LogP contribution is 2.28. The quantitative estimate of drug-likeness (QED) is 0.808. The van der Waals surface area contributed by atoms with E-state index in [2.05, 4.69) is 30.4 Å². The first-order chi connectivity index (χ1) is 9.95. The summed E-state index contributed by atoms with van der Waals surface area (Å²) in [6.07, 6.45) is -3.36. The standard InChI is InChI=1S/C17H18F3N/c1-13-3-2-4-14(11-13)9-10-21-12-15-5-7-16(8-6-15)17(18,19)20/h2-8,11,21H,9-10,12H2,1H3. The SMILES string of the molecule is Cc1cccc(CCNCc2ccc(C(F)(F)F)cc2)c1. The summed E-state index contributed by atoms with van der Waals surface area (Å²) in [5.74, 6) is 0. The molecule has 0 atom stereocenters. The van der Waals surface area contributed by atoms with Crippen molar-refractivity contribution in [3.05, 3.63) is 70.8 Å². The second kappa shape index (κ2) is 6.76. The van der Waals surface area contributed by atoms with Gasteiger partial charge in [0.2, 0.25) is 0 Å². The lowest BCUT2D eigenvalue weighted by Gasteiger charge is -2.09. The van der Waals surface area contributed by atoms with Crippen molar-refractivity contribution in [2.24, 2.45) is 0 Å². The molecule has 0 bridgehead atoms. The molecule has 2 aromatic carbocycles. The average molecular weight is 293 g/mol. The molecule has 0 aliphatic rings. The molecule has 0 unspecified atom stereocenters. The zero-order valence-electron chi connectivity index (χ0n) is 11.9. The van der Waals surface area contributed by atoms with Gasteiger partial charge >= 0.3 is 6.18 Å². The van der Waals surface area contributed by atoms with E-state index in [0.717, 1.165) is 30.7 Å². The van der Waals surface area contributed by atoms with Crippen LogP contribution >= 0.6 is 0 Å². The Labute approximate surface area is 122 Å². The van der Waals surface area contributed by atoms with Gasteiger partial charge < -0.3 is 5.32 Å². The molecule has 0 aliphatic carbocycles. The lowest BCUT2D eigenvalue weighted by atomic mass is 10.1. The molecule has 0 spiro atoms. The molecule has 0 radical (unpaired) electrons. The molecule has 1 N–H and O–H groups in total. The van der Waals surface area contributed by atoms with Crippen LogP contribution in [-0.4, -0.2) is 6.54 Å². The molecule has 0 fully saturated rings. The molecule has 0 saturated heterocycles. The van der Waals surface area contributed by atoms with Crippen LogP contribution in [0, 0.1) is 6.92 Å². The van der Waals surface area contributed by atoms with Gasteiger partial charge in [-0.1, -0.05) is 42.0 Å². The monoisotopic (exact) mass is 293 g/mol. The van der Waals surface area contributed by atoms with E-state index in [4.69, 9.17) is 0 Å². The maximum Gasteiger partial charge on any atom is 0.416 e. The summed E-state index contributed by atoms with van der Waals surface area (Å²) in [4.78, 5) is 0. The summed E-state index contributed by atoms with van der Waals surface area (Å²) in [6, 6.07) is 13.6. The molecule has 0 heterocycles. The first-order valence-electron chi connectivity index (χ1n) is 6.87. The van der Waals surface area contributed by atoms with Crippen molar-refractivity contribution in [3.8, 4) is 0 Å². The van der Waals surface area contributed by atoms with Crippen LogP contribution in [0.5, 0.6) is 0 Å². The second-order valence-corrected chi connectivity index (χ2v) is 5.11. The molecule has 1 nitrogen and oxygen atoms in total. The van der Waals surface area contributed by atoms with Crippen LogP contribution < -0.4 is 5.32 Å². The van der Waals surface area contributed by atoms with Crippen molar-refractivity contribution in [1.29, 1.82) is 0 Å². The van der Waals surface area contributed by atoms with E-state index in [1.807, 2.05) is 6.07 Å². The minimum absolute atomic E-state index is 0.573. The van der Waals surface area contributed by atoms with Crippen LogP contribution in [0.15, 0.2) is 48.5 Å². The number of hydrogen-bond donors (Lipinski definition) is 1. The Hall–Kier alpha value is -1.81. The smallest absolute Gasteiger partial charge is 0.312 e. The fourth-order valence-electron chi connectivity index (χ4n) is 2.14. The van der Waals surface area contributed by atoms with Gasteiger partial charge in [-0.3, -0.25) is 0 Å². The number of alkyl halides is 3. The summed E-state index contributed by atoms with van der Waals surface area (Å²) in [5, 5.41) is 3.25. The van der Waals surface area contributed by atoms with Gasteiger partial charge in [0.15, 0.2) is 0 Å². The number of hydrogen-bond acceptors (Lipinski definition) is 1. The van der Waals surface area contributed by atoms with Crippen molar-refractivity contribution in [1.82, 2.24) is 5.32 Å². The Morgan fingerprint density at radius 2 is 1.67 bits per heavy atom. The topological polar surface area (TPSA) is 12.0 Å². The van der Waals surface area contributed by atoms with Crippen LogP contribution in [0.1, 0.15) is 22.3 Å². The highest BCUT2D eigenvalue weighted by atomic mass is 19.4. The van der Waals surface area contributed by atoms with Gasteiger partial charge in [0.25, 0.3) is 0 Å². The van der Waals surface area contributed by atoms with Crippen molar-refractivity contribution in [3.63, 3.8) is 0 Å². The molecule has 0 aromatic heterocycles. The molecule has 2 rings (SSSR count). The number of aryl methyl sites for hydroxylation is 1. The highest BCUT2D eigenvalue weighted by Gasteiger charge is 2.29. The number of rotatable bonds is 5. The first-order valence-corrected chi connectivity index (χ1v) is 6.87.